The monoisotopic (exact) mass is 360 g/mol. The first-order chi connectivity index (χ1) is 12.4. The topological polar surface area (TPSA) is 41.6 Å². The minimum Gasteiger partial charge on any atom is -0.490 e. The van der Waals surface area contributed by atoms with E-state index in [-0.39, 0.29) is 17.2 Å². The molecular weight excluding hydrogens is 338 g/mol. The molecule has 4 nitrogen and oxygen atoms in total. The summed E-state index contributed by atoms with van der Waals surface area (Å²) in [7, 11) is 2.09. The predicted molar refractivity (Wildman–Crippen MR) is 96.6 cm³/mol. The fraction of sp³-hybridized carbons (Fsp3) is 0.350. The van der Waals surface area contributed by atoms with Gasteiger partial charge in [-0.3, -0.25) is 4.79 Å². The molecule has 1 amide bonds. The highest BCUT2D eigenvalue weighted by molar-refractivity contribution is 6.04. The van der Waals surface area contributed by atoms with Crippen LogP contribution >= 0.6 is 0 Å². The summed E-state index contributed by atoms with van der Waals surface area (Å²) >= 11 is 0. The SMILES string of the molecule is Cc1ccc(C(=O)Nc2ccc(OC3CCN(C)CC3)cc2)c(F)c1F. The fourth-order valence-corrected chi connectivity index (χ4v) is 2.93. The number of rotatable bonds is 4. The molecule has 1 fully saturated rings. The zero-order chi connectivity index (χ0) is 18.7. The summed E-state index contributed by atoms with van der Waals surface area (Å²) in [5.41, 5.74) is 0.334. The Kier molecular flexibility index (Phi) is 5.52. The van der Waals surface area contributed by atoms with Crippen molar-refractivity contribution < 1.29 is 18.3 Å². The molecule has 0 bridgehead atoms. The van der Waals surface area contributed by atoms with Crippen LogP contribution in [0.5, 0.6) is 5.75 Å². The first-order valence-electron chi connectivity index (χ1n) is 8.65. The average Bonchev–Trinajstić information content (AvgIpc) is 2.63. The number of halogens is 2. The maximum absolute atomic E-state index is 13.9. The van der Waals surface area contributed by atoms with Crippen LogP contribution in [0.3, 0.4) is 0 Å². The molecule has 0 aromatic heterocycles. The number of hydrogen-bond acceptors (Lipinski definition) is 3. The van der Waals surface area contributed by atoms with E-state index in [1.54, 1.807) is 24.3 Å². The number of aryl methyl sites for hydroxylation is 1. The van der Waals surface area contributed by atoms with Gasteiger partial charge in [-0.05, 0) is 62.7 Å². The molecule has 1 aliphatic heterocycles. The molecule has 1 heterocycles. The molecule has 0 spiro atoms. The second-order valence-electron chi connectivity index (χ2n) is 6.66. The number of likely N-dealkylation sites (tertiary alicyclic amines) is 1. The predicted octanol–water partition coefficient (Wildman–Crippen LogP) is 4.00. The van der Waals surface area contributed by atoms with Gasteiger partial charge in [-0.15, -0.1) is 0 Å². The summed E-state index contributed by atoms with van der Waals surface area (Å²) in [5, 5.41) is 2.57. The van der Waals surface area contributed by atoms with Crippen LogP contribution in [0.1, 0.15) is 28.8 Å². The highest BCUT2D eigenvalue weighted by Crippen LogP contribution is 2.22. The summed E-state index contributed by atoms with van der Waals surface area (Å²) in [6.45, 7) is 3.47. The van der Waals surface area contributed by atoms with Gasteiger partial charge in [0.05, 0.1) is 5.56 Å². The van der Waals surface area contributed by atoms with Crippen LogP contribution < -0.4 is 10.1 Å². The summed E-state index contributed by atoms with van der Waals surface area (Å²) in [5.74, 6) is -2.10. The van der Waals surface area contributed by atoms with Crippen molar-refractivity contribution in [2.75, 3.05) is 25.5 Å². The number of hydrogen-bond donors (Lipinski definition) is 1. The van der Waals surface area contributed by atoms with Crippen molar-refractivity contribution in [1.82, 2.24) is 4.90 Å². The Morgan fingerprint density at radius 1 is 1.08 bits per heavy atom. The zero-order valence-electron chi connectivity index (χ0n) is 14.9. The largest absolute Gasteiger partial charge is 0.490 e. The van der Waals surface area contributed by atoms with E-state index in [0.717, 1.165) is 31.7 Å². The molecule has 0 saturated carbocycles. The average molecular weight is 360 g/mol. The number of piperidine rings is 1. The minimum atomic E-state index is -1.13. The third kappa shape index (κ3) is 4.19. The van der Waals surface area contributed by atoms with Gasteiger partial charge in [0.1, 0.15) is 11.9 Å². The van der Waals surface area contributed by atoms with E-state index >= 15 is 0 Å². The molecule has 1 saturated heterocycles. The van der Waals surface area contributed by atoms with Crippen LogP contribution in [0, 0.1) is 18.6 Å². The van der Waals surface area contributed by atoms with E-state index in [1.807, 2.05) is 0 Å². The van der Waals surface area contributed by atoms with Gasteiger partial charge in [0.25, 0.3) is 5.91 Å². The third-order valence-electron chi connectivity index (χ3n) is 4.60. The zero-order valence-corrected chi connectivity index (χ0v) is 14.9. The second-order valence-corrected chi connectivity index (χ2v) is 6.66. The van der Waals surface area contributed by atoms with Crippen molar-refractivity contribution in [2.45, 2.75) is 25.9 Å². The lowest BCUT2D eigenvalue weighted by Gasteiger charge is -2.29. The number of amides is 1. The molecule has 3 rings (SSSR count). The molecule has 0 aliphatic carbocycles. The van der Waals surface area contributed by atoms with Crippen molar-refractivity contribution >= 4 is 11.6 Å². The standard InChI is InChI=1S/C20H22F2N2O2/c1-13-3-8-17(19(22)18(13)21)20(25)23-14-4-6-15(7-5-14)26-16-9-11-24(2)12-10-16/h3-8,16H,9-12H2,1-2H3,(H,23,25). The second kappa shape index (κ2) is 7.83. The number of anilines is 1. The Bertz CT molecular complexity index is 785. The molecule has 0 unspecified atom stereocenters. The summed E-state index contributed by atoms with van der Waals surface area (Å²) in [4.78, 5) is 14.4. The molecule has 0 radical (unpaired) electrons. The van der Waals surface area contributed by atoms with Gasteiger partial charge in [-0.1, -0.05) is 6.07 Å². The number of ether oxygens (including phenoxy) is 1. The molecule has 6 heteroatoms. The van der Waals surface area contributed by atoms with Gasteiger partial charge in [0.15, 0.2) is 11.6 Å². The molecule has 2 aromatic carbocycles. The third-order valence-corrected chi connectivity index (χ3v) is 4.60. The number of carbonyl (C=O) groups is 1. The summed E-state index contributed by atoms with van der Waals surface area (Å²) in [6.07, 6.45) is 2.15. The van der Waals surface area contributed by atoms with Crippen molar-refractivity contribution in [1.29, 1.82) is 0 Å². The Labute approximate surface area is 151 Å². The van der Waals surface area contributed by atoms with Crippen LogP contribution in [0.4, 0.5) is 14.5 Å². The lowest BCUT2D eigenvalue weighted by Crippen LogP contribution is -2.35. The quantitative estimate of drug-likeness (QED) is 0.896. The summed E-state index contributed by atoms with van der Waals surface area (Å²) < 4.78 is 33.5. The highest BCUT2D eigenvalue weighted by atomic mass is 19.2. The van der Waals surface area contributed by atoms with Crippen molar-refractivity contribution in [2.24, 2.45) is 0 Å². The molecule has 138 valence electrons. The van der Waals surface area contributed by atoms with E-state index in [1.165, 1.54) is 19.1 Å². The maximum atomic E-state index is 13.9. The van der Waals surface area contributed by atoms with E-state index in [2.05, 4.69) is 17.3 Å². The Morgan fingerprint density at radius 3 is 2.38 bits per heavy atom. The molecule has 26 heavy (non-hydrogen) atoms. The molecule has 2 aromatic rings. The van der Waals surface area contributed by atoms with Crippen LogP contribution in [0.25, 0.3) is 0 Å². The van der Waals surface area contributed by atoms with E-state index < -0.39 is 17.5 Å². The Hall–Kier alpha value is -2.47. The molecule has 1 aliphatic rings. The van der Waals surface area contributed by atoms with Crippen molar-refractivity contribution in [3.05, 3.63) is 59.2 Å². The van der Waals surface area contributed by atoms with Crippen LogP contribution in [-0.4, -0.2) is 37.0 Å². The smallest absolute Gasteiger partial charge is 0.258 e. The minimum absolute atomic E-state index is 0.162. The van der Waals surface area contributed by atoms with E-state index in [9.17, 15) is 13.6 Å². The Morgan fingerprint density at radius 2 is 1.73 bits per heavy atom. The lowest BCUT2D eigenvalue weighted by atomic mass is 10.1. The van der Waals surface area contributed by atoms with Crippen molar-refractivity contribution in [3.8, 4) is 5.75 Å². The van der Waals surface area contributed by atoms with Gasteiger partial charge < -0.3 is 15.0 Å². The van der Waals surface area contributed by atoms with Gasteiger partial charge >= 0.3 is 0 Å². The molecular formula is C20H22F2N2O2. The molecule has 1 N–H and O–H groups in total. The van der Waals surface area contributed by atoms with Crippen LogP contribution in [0.2, 0.25) is 0 Å². The molecule has 0 atom stereocenters. The lowest BCUT2D eigenvalue weighted by molar-refractivity contribution is 0.102. The highest BCUT2D eigenvalue weighted by Gasteiger charge is 2.19. The Balaban J connectivity index is 1.62. The van der Waals surface area contributed by atoms with Crippen LogP contribution in [0.15, 0.2) is 36.4 Å². The number of carbonyl (C=O) groups excluding carboxylic acids is 1. The number of benzene rings is 2. The van der Waals surface area contributed by atoms with E-state index in [0.29, 0.717) is 5.69 Å². The van der Waals surface area contributed by atoms with Crippen molar-refractivity contribution in [3.63, 3.8) is 0 Å². The van der Waals surface area contributed by atoms with Gasteiger partial charge in [-0.25, -0.2) is 8.78 Å². The number of nitrogens with zero attached hydrogens (tertiary/aromatic N) is 1. The van der Waals surface area contributed by atoms with Crippen LogP contribution in [-0.2, 0) is 0 Å². The fourth-order valence-electron chi connectivity index (χ4n) is 2.93. The van der Waals surface area contributed by atoms with Gasteiger partial charge in [0, 0.05) is 18.8 Å². The first kappa shape index (κ1) is 18.3. The van der Waals surface area contributed by atoms with Gasteiger partial charge in [0.2, 0.25) is 0 Å². The normalized spacial score (nSPS) is 15.7. The first-order valence-corrected chi connectivity index (χ1v) is 8.65. The summed E-state index contributed by atoms with van der Waals surface area (Å²) in [6, 6.07) is 9.56. The van der Waals surface area contributed by atoms with Gasteiger partial charge in [-0.2, -0.15) is 0 Å². The number of nitrogens with one attached hydrogen (secondary N) is 1. The van der Waals surface area contributed by atoms with E-state index in [4.69, 9.17) is 4.74 Å². The maximum Gasteiger partial charge on any atom is 0.258 e.